The fraction of sp³-hybridized carbons (Fsp3) is 0.286. The molecule has 0 aliphatic rings. The Morgan fingerprint density at radius 2 is 2.00 bits per heavy atom. The third-order valence-electron chi connectivity index (χ3n) is 4.13. The zero-order chi connectivity index (χ0) is 20.3. The van der Waals surface area contributed by atoms with E-state index in [1.807, 2.05) is 31.5 Å². The summed E-state index contributed by atoms with van der Waals surface area (Å²) in [5.74, 6) is 0.520. The van der Waals surface area contributed by atoms with Crippen LogP contribution in [0, 0.1) is 0 Å². The van der Waals surface area contributed by atoms with Crippen LogP contribution in [-0.4, -0.2) is 22.0 Å². The fourth-order valence-corrected chi connectivity index (χ4v) is 3.55. The van der Waals surface area contributed by atoms with Crippen LogP contribution in [0.1, 0.15) is 49.5 Å². The lowest BCUT2D eigenvalue weighted by molar-refractivity contribution is 0.100. The largest absolute Gasteiger partial charge is 0.489 e. The average Bonchev–Trinajstić information content (AvgIpc) is 3.11. The van der Waals surface area contributed by atoms with Gasteiger partial charge in [0.25, 0.3) is 0 Å². The number of nitrogens with one attached hydrogen (secondary N) is 1. The first-order valence-corrected chi connectivity index (χ1v) is 10.0. The highest BCUT2D eigenvalue weighted by molar-refractivity contribution is 7.14. The second kappa shape index (κ2) is 8.39. The van der Waals surface area contributed by atoms with Gasteiger partial charge in [0.2, 0.25) is 5.91 Å². The van der Waals surface area contributed by atoms with Crippen molar-refractivity contribution in [3.8, 4) is 17.0 Å². The van der Waals surface area contributed by atoms with Crippen LogP contribution in [0.4, 0.5) is 10.8 Å². The first kappa shape index (κ1) is 19.8. The summed E-state index contributed by atoms with van der Waals surface area (Å²) in [5.41, 5.74) is 9.57. The van der Waals surface area contributed by atoms with Crippen LogP contribution < -0.4 is 15.8 Å². The maximum atomic E-state index is 11.6. The number of nitrogens with two attached hydrogens (primary N) is 1. The van der Waals surface area contributed by atoms with E-state index in [2.05, 4.69) is 24.1 Å². The van der Waals surface area contributed by atoms with E-state index in [4.69, 9.17) is 15.5 Å². The van der Waals surface area contributed by atoms with Crippen LogP contribution in [0.3, 0.4) is 0 Å². The number of pyridine rings is 1. The van der Waals surface area contributed by atoms with Crippen molar-refractivity contribution >= 4 is 28.1 Å². The molecule has 0 spiro atoms. The number of carbonyl (C=O) groups excluding carboxylic acids is 1. The van der Waals surface area contributed by atoms with E-state index in [1.54, 1.807) is 24.4 Å². The summed E-state index contributed by atoms with van der Waals surface area (Å²) >= 11 is 1.48. The first-order chi connectivity index (χ1) is 13.3. The Kier molecular flexibility index (Phi) is 5.94. The van der Waals surface area contributed by atoms with E-state index in [9.17, 15) is 4.79 Å². The van der Waals surface area contributed by atoms with Crippen molar-refractivity contribution < 1.29 is 9.53 Å². The minimum Gasteiger partial charge on any atom is -0.489 e. The van der Waals surface area contributed by atoms with Gasteiger partial charge in [0.1, 0.15) is 5.75 Å². The van der Waals surface area contributed by atoms with Crippen molar-refractivity contribution in [2.24, 2.45) is 5.73 Å². The van der Waals surface area contributed by atoms with Gasteiger partial charge in [0.05, 0.1) is 17.5 Å². The predicted octanol–water partition coefficient (Wildman–Crippen LogP) is 4.96. The maximum Gasteiger partial charge on any atom is 0.248 e. The van der Waals surface area contributed by atoms with Gasteiger partial charge in [-0.3, -0.25) is 9.78 Å². The molecule has 2 aromatic heterocycles. The zero-order valence-electron chi connectivity index (χ0n) is 16.4. The summed E-state index contributed by atoms with van der Waals surface area (Å²) < 4.78 is 5.85. The standard InChI is InChI=1S/C21H24N4O2S/c1-12(2)15-7-8-23-10-16(15)18-11-28-21(25-18)24-17-9-14(20(22)26)5-6-19(17)27-13(3)4/h5-13H,1-4H3,(H2,22,26)(H,24,25). The van der Waals surface area contributed by atoms with E-state index in [0.717, 1.165) is 11.3 Å². The Bertz CT molecular complexity index is 982. The Morgan fingerprint density at radius 3 is 2.68 bits per heavy atom. The van der Waals surface area contributed by atoms with Crippen molar-refractivity contribution in [2.45, 2.75) is 39.7 Å². The highest BCUT2D eigenvalue weighted by Gasteiger charge is 2.14. The van der Waals surface area contributed by atoms with Crippen LogP contribution in [0.2, 0.25) is 0 Å². The van der Waals surface area contributed by atoms with Crippen LogP contribution >= 0.6 is 11.3 Å². The molecular formula is C21H24N4O2S. The first-order valence-electron chi connectivity index (χ1n) is 9.12. The molecule has 3 rings (SSSR count). The van der Waals surface area contributed by atoms with E-state index in [1.165, 1.54) is 16.9 Å². The number of hydrogen-bond acceptors (Lipinski definition) is 6. The number of nitrogens with zero attached hydrogens (tertiary/aromatic N) is 2. The molecule has 146 valence electrons. The molecule has 2 heterocycles. The highest BCUT2D eigenvalue weighted by Crippen LogP contribution is 2.34. The molecule has 6 nitrogen and oxygen atoms in total. The molecule has 3 aromatic rings. The average molecular weight is 397 g/mol. The van der Waals surface area contributed by atoms with Crippen LogP contribution in [0.25, 0.3) is 11.3 Å². The summed E-state index contributed by atoms with van der Waals surface area (Å²) in [6, 6.07) is 7.11. The molecule has 0 saturated carbocycles. The van der Waals surface area contributed by atoms with Gasteiger partial charge in [0.15, 0.2) is 5.13 Å². The molecule has 3 N–H and O–H groups in total. The van der Waals surface area contributed by atoms with Gasteiger partial charge in [-0.15, -0.1) is 11.3 Å². The Morgan fingerprint density at radius 1 is 1.21 bits per heavy atom. The van der Waals surface area contributed by atoms with Crippen molar-refractivity contribution in [3.05, 3.63) is 53.2 Å². The van der Waals surface area contributed by atoms with Crippen LogP contribution in [0.5, 0.6) is 5.75 Å². The maximum absolute atomic E-state index is 11.6. The molecule has 0 atom stereocenters. The van der Waals surface area contributed by atoms with Gasteiger partial charge in [-0.1, -0.05) is 13.8 Å². The number of benzene rings is 1. The number of thiazole rings is 1. The third-order valence-corrected chi connectivity index (χ3v) is 4.88. The van der Waals surface area contributed by atoms with Crippen molar-refractivity contribution in [2.75, 3.05) is 5.32 Å². The summed E-state index contributed by atoms with van der Waals surface area (Å²) in [4.78, 5) is 20.5. The van der Waals surface area contributed by atoms with Crippen molar-refractivity contribution in [1.29, 1.82) is 0 Å². The molecule has 0 saturated heterocycles. The smallest absolute Gasteiger partial charge is 0.248 e. The fourth-order valence-electron chi connectivity index (χ4n) is 2.83. The van der Waals surface area contributed by atoms with Crippen LogP contribution in [-0.2, 0) is 0 Å². The predicted molar refractivity (Wildman–Crippen MR) is 113 cm³/mol. The summed E-state index contributed by atoms with van der Waals surface area (Å²) in [5, 5.41) is 5.96. The number of rotatable bonds is 7. The minimum atomic E-state index is -0.490. The summed E-state index contributed by atoms with van der Waals surface area (Å²) in [7, 11) is 0. The van der Waals surface area contributed by atoms with Gasteiger partial charge >= 0.3 is 0 Å². The monoisotopic (exact) mass is 396 g/mol. The zero-order valence-corrected chi connectivity index (χ0v) is 17.2. The van der Waals surface area contributed by atoms with Gasteiger partial charge in [0, 0.05) is 28.9 Å². The second-order valence-electron chi connectivity index (χ2n) is 7.02. The SMILES string of the molecule is CC(C)Oc1ccc(C(N)=O)cc1Nc1nc(-c2cnccc2C(C)C)cs1. The number of carbonyl (C=O) groups is 1. The Hall–Kier alpha value is -2.93. The Balaban J connectivity index is 1.93. The van der Waals surface area contributed by atoms with E-state index in [-0.39, 0.29) is 6.10 Å². The molecule has 0 aliphatic heterocycles. The summed E-state index contributed by atoms with van der Waals surface area (Å²) in [6.45, 7) is 8.19. The van der Waals surface area contributed by atoms with Gasteiger partial charge in [-0.25, -0.2) is 4.98 Å². The highest BCUT2D eigenvalue weighted by atomic mass is 32.1. The van der Waals surface area contributed by atoms with E-state index < -0.39 is 5.91 Å². The molecule has 0 aliphatic carbocycles. The lowest BCUT2D eigenvalue weighted by Crippen LogP contribution is -2.12. The van der Waals surface area contributed by atoms with Crippen molar-refractivity contribution in [1.82, 2.24) is 9.97 Å². The molecule has 1 aromatic carbocycles. The lowest BCUT2D eigenvalue weighted by Gasteiger charge is -2.15. The number of ether oxygens (including phenoxy) is 1. The molecule has 0 radical (unpaired) electrons. The van der Waals surface area contributed by atoms with E-state index in [0.29, 0.717) is 28.0 Å². The Labute approximate surface area is 168 Å². The molecule has 0 fully saturated rings. The summed E-state index contributed by atoms with van der Waals surface area (Å²) in [6.07, 6.45) is 3.64. The molecule has 0 bridgehead atoms. The molecule has 28 heavy (non-hydrogen) atoms. The van der Waals surface area contributed by atoms with Crippen molar-refractivity contribution in [3.63, 3.8) is 0 Å². The van der Waals surface area contributed by atoms with E-state index >= 15 is 0 Å². The normalized spacial score (nSPS) is 11.1. The third kappa shape index (κ3) is 4.48. The number of aromatic nitrogens is 2. The molecular weight excluding hydrogens is 372 g/mol. The topological polar surface area (TPSA) is 90.1 Å². The van der Waals surface area contributed by atoms with Gasteiger partial charge in [-0.2, -0.15) is 0 Å². The second-order valence-corrected chi connectivity index (χ2v) is 7.88. The lowest BCUT2D eigenvalue weighted by atomic mass is 9.98. The molecule has 1 amide bonds. The van der Waals surface area contributed by atoms with Gasteiger partial charge < -0.3 is 15.8 Å². The molecule has 7 heteroatoms. The number of amides is 1. The quantitative estimate of drug-likeness (QED) is 0.589. The number of anilines is 2. The van der Waals surface area contributed by atoms with Gasteiger partial charge in [-0.05, 0) is 49.6 Å². The van der Waals surface area contributed by atoms with Crippen LogP contribution in [0.15, 0.2) is 42.0 Å². The number of hydrogen-bond donors (Lipinski definition) is 2. The number of primary amides is 1. The minimum absolute atomic E-state index is 0.00386. The molecule has 0 unspecified atom stereocenters.